The van der Waals surface area contributed by atoms with E-state index in [1.807, 2.05) is 30.3 Å². The molecule has 2 saturated heterocycles. The summed E-state index contributed by atoms with van der Waals surface area (Å²) in [5, 5.41) is 2.40. The molecule has 4 amide bonds. The Morgan fingerprint density at radius 2 is 1.78 bits per heavy atom. The van der Waals surface area contributed by atoms with E-state index in [2.05, 4.69) is 5.32 Å². The summed E-state index contributed by atoms with van der Waals surface area (Å²) < 4.78 is 46.0. The molecule has 0 radical (unpaired) electrons. The summed E-state index contributed by atoms with van der Waals surface area (Å²) >= 11 is 0. The van der Waals surface area contributed by atoms with E-state index in [0.29, 0.717) is 36.7 Å². The highest BCUT2D eigenvalue weighted by atomic mass is 19.2. The molecule has 0 unspecified atom stereocenters. The molecule has 4 rings (SSSR count). The highest BCUT2D eigenvalue weighted by molar-refractivity contribution is 6.21. The zero-order valence-electron chi connectivity index (χ0n) is 16.9. The van der Waals surface area contributed by atoms with Gasteiger partial charge in [-0.3, -0.25) is 9.59 Å². The maximum Gasteiger partial charge on any atom is 0.329 e. The van der Waals surface area contributed by atoms with Crippen molar-refractivity contribution in [2.75, 3.05) is 24.6 Å². The minimum Gasteiger partial charge on any atom is -0.370 e. The minimum atomic E-state index is -1.69. The van der Waals surface area contributed by atoms with Crippen LogP contribution in [0.25, 0.3) is 0 Å². The molecular formula is C22H20F3N3O4. The van der Waals surface area contributed by atoms with E-state index >= 15 is 0 Å². The standard InChI is InChI=1S/C22H20F3N3O4/c23-15-10-14(11-16(24)20(15)25)28-21(30)17(26-22(28)31)6-7-19(29)27-8-9-32-18(12-27)13-4-2-1-3-5-13/h1-5,10-11,17-18H,6-9,12H2,(H,26,31)/t17-,18-/m1/s1. The van der Waals surface area contributed by atoms with Crippen molar-refractivity contribution in [3.63, 3.8) is 0 Å². The lowest BCUT2D eigenvalue weighted by Crippen LogP contribution is -2.43. The lowest BCUT2D eigenvalue weighted by molar-refractivity contribution is -0.139. The second kappa shape index (κ2) is 8.99. The zero-order valence-corrected chi connectivity index (χ0v) is 16.9. The van der Waals surface area contributed by atoms with Gasteiger partial charge in [-0.1, -0.05) is 30.3 Å². The van der Waals surface area contributed by atoms with Crippen molar-refractivity contribution in [3.8, 4) is 0 Å². The number of hydrogen-bond acceptors (Lipinski definition) is 4. The fourth-order valence-corrected chi connectivity index (χ4v) is 3.81. The monoisotopic (exact) mass is 447 g/mol. The molecule has 2 aromatic carbocycles. The van der Waals surface area contributed by atoms with Crippen LogP contribution in [0.3, 0.4) is 0 Å². The number of halogens is 3. The number of imide groups is 1. The van der Waals surface area contributed by atoms with Crippen molar-refractivity contribution in [2.24, 2.45) is 0 Å². The Balaban J connectivity index is 1.37. The molecule has 168 valence electrons. The van der Waals surface area contributed by atoms with Crippen molar-refractivity contribution < 1.29 is 32.3 Å². The molecule has 2 aromatic rings. The number of amides is 4. The number of benzene rings is 2. The Morgan fingerprint density at radius 1 is 1.09 bits per heavy atom. The van der Waals surface area contributed by atoms with E-state index in [1.54, 1.807) is 4.90 Å². The van der Waals surface area contributed by atoms with Crippen LogP contribution in [0.4, 0.5) is 23.7 Å². The van der Waals surface area contributed by atoms with Gasteiger partial charge in [0.25, 0.3) is 5.91 Å². The van der Waals surface area contributed by atoms with Crippen LogP contribution in [-0.4, -0.2) is 48.5 Å². The van der Waals surface area contributed by atoms with Crippen molar-refractivity contribution >= 4 is 23.5 Å². The zero-order chi connectivity index (χ0) is 22.8. The average Bonchev–Trinajstić information content (AvgIpc) is 3.09. The molecule has 0 saturated carbocycles. The summed E-state index contributed by atoms with van der Waals surface area (Å²) in [6.45, 7) is 1.15. The number of urea groups is 1. The lowest BCUT2D eigenvalue weighted by atomic mass is 10.1. The molecular weight excluding hydrogens is 427 g/mol. The van der Waals surface area contributed by atoms with Gasteiger partial charge in [0.1, 0.15) is 12.1 Å². The smallest absolute Gasteiger partial charge is 0.329 e. The Morgan fingerprint density at radius 3 is 2.47 bits per heavy atom. The van der Waals surface area contributed by atoms with Crippen molar-refractivity contribution in [1.29, 1.82) is 0 Å². The van der Waals surface area contributed by atoms with Gasteiger partial charge in [0.05, 0.1) is 18.8 Å². The van der Waals surface area contributed by atoms with E-state index in [1.165, 1.54) is 0 Å². The molecule has 2 heterocycles. The van der Waals surface area contributed by atoms with Crippen molar-refractivity contribution in [2.45, 2.75) is 25.0 Å². The highest BCUT2D eigenvalue weighted by Crippen LogP contribution is 2.26. The van der Waals surface area contributed by atoms with Gasteiger partial charge in [0, 0.05) is 25.1 Å². The van der Waals surface area contributed by atoms with Crippen LogP contribution in [-0.2, 0) is 14.3 Å². The van der Waals surface area contributed by atoms with E-state index in [-0.39, 0.29) is 24.9 Å². The SMILES string of the molecule is O=C(CC[C@H]1NC(=O)N(c2cc(F)c(F)c(F)c2)C1=O)N1CCO[C@@H](c2ccccc2)C1. The molecule has 2 aliphatic rings. The van der Waals surface area contributed by atoms with E-state index in [9.17, 15) is 27.6 Å². The third-order valence-electron chi connectivity index (χ3n) is 5.48. The Bertz CT molecular complexity index is 1030. The summed E-state index contributed by atoms with van der Waals surface area (Å²) in [7, 11) is 0. The molecule has 7 nitrogen and oxygen atoms in total. The summed E-state index contributed by atoms with van der Waals surface area (Å²) in [5.41, 5.74) is 0.536. The van der Waals surface area contributed by atoms with Gasteiger partial charge in [0.15, 0.2) is 17.5 Å². The van der Waals surface area contributed by atoms with Crippen molar-refractivity contribution in [1.82, 2.24) is 10.2 Å². The van der Waals surface area contributed by atoms with E-state index in [0.717, 1.165) is 5.56 Å². The predicted octanol–water partition coefficient (Wildman–Crippen LogP) is 2.91. The van der Waals surface area contributed by atoms with Gasteiger partial charge >= 0.3 is 6.03 Å². The normalized spacial score (nSPS) is 21.1. The largest absolute Gasteiger partial charge is 0.370 e. The number of carbonyl (C=O) groups excluding carboxylic acids is 3. The van der Waals surface area contributed by atoms with Crippen LogP contribution in [0.1, 0.15) is 24.5 Å². The van der Waals surface area contributed by atoms with Gasteiger partial charge < -0.3 is 15.0 Å². The van der Waals surface area contributed by atoms with Crippen LogP contribution < -0.4 is 10.2 Å². The number of nitrogens with one attached hydrogen (secondary N) is 1. The first-order chi connectivity index (χ1) is 15.3. The molecule has 0 spiro atoms. The van der Waals surface area contributed by atoms with Gasteiger partial charge in [-0.2, -0.15) is 0 Å². The third kappa shape index (κ3) is 4.31. The Hall–Kier alpha value is -3.40. The second-order valence-corrected chi connectivity index (χ2v) is 7.55. The average molecular weight is 447 g/mol. The van der Waals surface area contributed by atoms with Crippen molar-refractivity contribution in [3.05, 3.63) is 65.5 Å². The number of anilines is 1. The first-order valence-corrected chi connectivity index (χ1v) is 10.1. The Kier molecular flexibility index (Phi) is 6.13. The van der Waals surface area contributed by atoms with Gasteiger partial charge in [-0.15, -0.1) is 0 Å². The topological polar surface area (TPSA) is 79.0 Å². The minimum absolute atomic E-state index is 0.0133. The van der Waals surface area contributed by atoms with E-state index < -0.39 is 41.1 Å². The molecule has 2 atom stereocenters. The van der Waals surface area contributed by atoms with Crippen LogP contribution >= 0.6 is 0 Å². The fraction of sp³-hybridized carbons (Fsp3) is 0.318. The van der Waals surface area contributed by atoms with Gasteiger partial charge in [-0.05, 0) is 12.0 Å². The van der Waals surface area contributed by atoms with Crippen LogP contribution in [0.15, 0.2) is 42.5 Å². The molecule has 1 N–H and O–H groups in total. The molecule has 0 aliphatic carbocycles. The predicted molar refractivity (Wildman–Crippen MR) is 107 cm³/mol. The molecule has 0 bridgehead atoms. The number of carbonyl (C=O) groups is 3. The lowest BCUT2D eigenvalue weighted by Gasteiger charge is -2.33. The fourth-order valence-electron chi connectivity index (χ4n) is 3.81. The van der Waals surface area contributed by atoms with E-state index in [4.69, 9.17) is 4.74 Å². The summed E-state index contributed by atoms with van der Waals surface area (Å²) in [6, 6.07) is 8.71. The van der Waals surface area contributed by atoms with Crippen LogP contribution in [0.2, 0.25) is 0 Å². The maximum atomic E-state index is 13.5. The third-order valence-corrected chi connectivity index (χ3v) is 5.48. The molecule has 2 fully saturated rings. The quantitative estimate of drug-likeness (QED) is 0.565. The molecule has 10 heteroatoms. The molecule has 32 heavy (non-hydrogen) atoms. The number of ether oxygens (including phenoxy) is 1. The number of rotatable bonds is 5. The summed E-state index contributed by atoms with van der Waals surface area (Å²) in [4.78, 5) is 39.7. The van der Waals surface area contributed by atoms with Crippen LogP contribution in [0, 0.1) is 17.5 Å². The first kappa shape index (κ1) is 21.8. The number of nitrogens with zero attached hydrogens (tertiary/aromatic N) is 2. The van der Waals surface area contributed by atoms with Crippen LogP contribution in [0.5, 0.6) is 0 Å². The summed E-state index contributed by atoms with van der Waals surface area (Å²) in [6.07, 6.45) is -0.252. The molecule has 0 aromatic heterocycles. The molecule has 2 aliphatic heterocycles. The Labute approximate surface area is 181 Å². The maximum absolute atomic E-state index is 13.5. The summed E-state index contributed by atoms with van der Waals surface area (Å²) in [5.74, 6) is -5.69. The first-order valence-electron chi connectivity index (χ1n) is 10.1. The number of morpholine rings is 1. The second-order valence-electron chi connectivity index (χ2n) is 7.55. The van der Waals surface area contributed by atoms with Gasteiger partial charge in [-0.25, -0.2) is 22.9 Å². The number of hydrogen-bond donors (Lipinski definition) is 1. The van der Waals surface area contributed by atoms with Gasteiger partial charge in [0.2, 0.25) is 5.91 Å². The highest BCUT2D eigenvalue weighted by Gasteiger charge is 2.40.